The Bertz CT molecular complexity index is 720. The molecule has 0 aromatic heterocycles. The van der Waals surface area contributed by atoms with E-state index in [9.17, 15) is 4.39 Å². The maximum Gasteiger partial charge on any atom is 0.147 e. The van der Waals surface area contributed by atoms with Crippen LogP contribution in [0.4, 0.5) is 21.5 Å². The number of aryl methyl sites for hydroxylation is 1. The highest BCUT2D eigenvalue weighted by Crippen LogP contribution is 2.35. The van der Waals surface area contributed by atoms with E-state index in [0.717, 1.165) is 11.4 Å². The van der Waals surface area contributed by atoms with Gasteiger partial charge in [0, 0.05) is 11.4 Å². The summed E-state index contributed by atoms with van der Waals surface area (Å²) in [5, 5.41) is 0. The lowest BCUT2D eigenvalue weighted by molar-refractivity contribution is 0.629. The minimum Gasteiger partial charge on any atom is -0.308 e. The highest BCUT2D eigenvalue weighted by atomic mass is 19.1. The third kappa shape index (κ3) is 2.79. The fourth-order valence-electron chi connectivity index (χ4n) is 2.33. The highest BCUT2D eigenvalue weighted by Gasteiger charge is 2.15. The van der Waals surface area contributed by atoms with Crippen molar-refractivity contribution in [2.45, 2.75) is 6.92 Å². The van der Waals surface area contributed by atoms with Crippen molar-refractivity contribution in [3.05, 3.63) is 90.2 Å². The van der Waals surface area contributed by atoms with Gasteiger partial charge in [-0.15, -0.1) is 0 Å². The Morgan fingerprint density at radius 2 is 1.24 bits per heavy atom. The molecule has 0 aliphatic rings. The fraction of sp³-hybridized carbons (Fsp3) is 0.0526. The minimum absolute atomic E-state index is 0.234. The Labute approximate surface area is 124 Å². The van der Waals surface area contributed by atoms with Crippen LogP contribution < -0.4 is 4.90 Å². The number of hydrogen-bond donors (Lipinski definition) is 0. The highest BCUT2D eigenvalue weighted by molar-refractivity contribution is 5.76. The van der Waals surface area contributed by atoms with Crippen molar-refractivity contribution in [1.29, 1.82) is 0 Å². The van der Waals surface area contributed by atoms with E-state index < -0.39 is 0 Å². The Hall–Kier alpha value is -2.61. The Morgan fingerprint density at radius 1 is 0.667 bits per heavy atom. The van der Waals surface area contributed by atoms with Crippen molar-refractivity contribution in [2.75, 3.05) is 4.90 Å². The van der Waals surface area contributed by atoms with Crippen molar-refractivity contribution in [2.24, 2.45) is 0 Å². The van der Waals surface area contributed by atoms with Gasteiger partial charge in [0.2, 0.25) is 0 Å². The minimum atomic E-state index is -0.234. The summed E-state index contributed by atoms with van der Waals surface area (Å²) in [6, 6.07) is 24.7. The number of halogens is 1. The van der Waals surface area contributed by atoms with Gasteiger partial charge in [-0.3, -0.25) is 0 Å². The Balaban J connectivity index is 2.16. The zero-order valence-electron chi connectivity index (χ0n) is 11.8. The molecule has 21 heavy (non-hydrogen) atoms. The maximum atomic E-state index is 14.2. The summed E-state index contributed by atoms with van der Waals surface area (Å²) in [6.45, 7) is 2.04. The summed E-state index contributed by atoms with van der Waals surface area (Å²) in [5.41, 5.74) is 3.61. The topological polar surface area (TPSA) is 3.24 Å². The van der Waals surface area contributed by atoms with Gasteiger partial charge in [0.1, 0.15) is 5.82 Å². The lowest BCUT2D eigenvalue weighted by Gasteiger charge is -2.25. The van der Waals surface area contributed by atoms with Crippen molar-refractivity contribution < 1.29 is 4.39 Å². The van der Waals surface area contributed by atoms with E-state index in [1.165, 1.54) is 11.6 Å². The van der Waals surface area contributed by atoms with Crippen LogP contribution in [0.15, 0.2) is 78.9 Å². The molecule has 0 bridgehead atoms. The number of anilines is 3. The summed E-state index contributed by atoms with van der Waals surface area (Å²) in [4.78, 5) is 1.93. The van der Waals surface area contributed by atoms with Crippen molar-refractivity contribution in [3.8, 4) is 0 Å². The van der Waals surface area contributed by atoms with Crippen LogP contribution in [-0.2, 0) is 0 Å². The molecule has 2 heteroatoms. The predicted octanol–water partition coefficient (Wildman–Crippen LogP) is 5.60. The van der Waals surface area contributed by atoms with E-state index in [-0.39, 0.29) is 5.82 Å². The van der Waals surface area contributed by atoms with E-state index in [2.05, 4.69) is 0 Å². The number of hydrogen-bond acceptors (Lipinski definition) is 1. The van der Waals surface area contributed by atoms with Crippen molar-refractivity contribution in [3.63, 3.8) is 0 Å². The monoisotopic (exact) mass is 277 g/mol. The van der Waals surface area contributed by atoms with E-state index in [4.69, 9.17) is 0 Å². The van der Waals surface area contributed by atoms with Crippen LogP contribution >= 0.6 is 0 Å². The van der Waals surface area contributed by atoms with Gasteiger partial charge in [0.05, 0.1) is 5.69 Å². The van der Waals surface area contributed by atoms with E-state index in [1.54, 1.807) is 12.1 Å². The van der Waals surface area contributed by atoms with Crippen molar-refractivity contribution in [1.82, 2.24) is 0 Å². The second-order valence-corrected chi connectivity index (χ2v) is 4.96. The van der Waals surface area contributed by atoms with Gasteiger partial charge >= 0.3 is 0 Å². The first kappa shape index (κ1) is 13.4. The Morgan fingerprint density at radius 3 is 1.90 bits per heavy atom. The van der Waals surface area contributed by atoms with Gasteiger partial charge in [0.25, 0.3) is 0 Å². The van der Waals surface area contributed by atoms with Gasteiger partial charge in [-0.1, -0.05) is 48.0 Å². The van der Waals surface area contributed by atoms with Crippen LogP contribution in [0, 0.1) is 12.7 Å². The molecule has 0 saturated carbocycles. The molecule has 0 saturated heterocycles. The van der Waals surface area contributed by atoms with Crippen molar-refractivity contribution >= 4 is 17.1 Å². The number of nitrogens with zero attached hydrogens (tertiary/aromatic N) is 1. The fourth-order valence-corrected chi connectivity index (χ4v) is 2.33. The molecule has 104 valence electrons. The zero-order valence-corrected chi connectivity index (χ0v) is 11.8. The second kappa shape index (κ2) is 5.80. The Kier molecular flexibility index (Phi) is 3.69. The first-order valence-corrected chi connectivity index (χ1v) is 6.92. The van der Waals surface area contributed by atoms with Gasteiger partial charge in [-0.05, 0) is 43.3 Å². The second-order valence-electron chi connectivity index (χ2n) is 4.96. The summed E-state index contributed by atoms with van der Waals surface area (Å²) in [5.74, 6) is -0.234. The number of rotatable bonds is 3. The van der Waals surface area contributed by atoms with E-state index in [1.807, 2.05) is 72.5 Å². The normalized spacial score (nSPS) is 10.4. The summed E-state index contributed by atoms with van der Waals surface area (Å²) < 4.78 is 14.2. The number of para-hydroxylation sites is 2. The van der Waals surface area contributed by atoms with Crippen LogP contribution in [0.2, 0.25) is 0 Å². The molecule has 3 aromatic rings. The third-order valence-electron chi connectivity index (χ3n) is 3.40. The molecule has 0 unspecified atom stereocenters. The van der Waals surface area contributed by atoms with Crippen LogP contribution in [0.5, 0.6) is 0 Å². The summed E-state index contributed by atoms with van der Waals surface area (Å²) >= 11 is 0. The van der Waals surface area contributed by atoms with Gasteiger partial charge in [-0.2, -0.15) is 0 Å². The van der Waals surface area contributed by atoms with Gasteiger partial charge < -0.3 is 4.90 Å². The molecule has 0 heterocycles. The molecular formula is C19H16FN. The quantitative estimate of drug-likeness (QED) is 0.602. The molecule has 0 fully saturated rings. The van der Waals surface area contributed by atoms with Crippen LogP contribution in [0.3, 0.4) is 0 Å². The third-order valence-corrected chi connectivity index (χ3v) is 3.40. The van der Waals surface area contributed by atoms with Crippen LogP contribution in [0.1, 0.15) is 5.56 Å². The molecule has 0 radical (unpaired) electrons. The smallest absolute Gasteiger partial charge is 0.147 e. The molecule has 0 spiro atoms. The van der Waals surface area contributed by atoms with E-state index >= 15 is 0 Å². The average molecular weight is 277 g/mol. The largest absolute Gasteiger partial charge is 0.308 e. The molecular weight excluding hydrogens is 261 g/mol. The maximum absolute atomic E-state index is 14.2. The average Bonchev–Trinajstić information content (AvgIpc) is 2.52. The van der Waals surface area contributed by atoms with Gasteiger partial charge in [-0.25, -0.2) is 4.39 Å². The first-order valence-electron chi connectivity index (χ1n) is 6.92. The predicted molar refractivity (Wildman–Crippen MR) is 85.8 cm³/mol. The lowest BCUT2D eigenvalue weighted by atomic mass is 10.1. The summed E-state index contributed by atoms with van der Waals surface area (Å²) in [7, 11) is 0. The summed E-state index contributed by atoms with van der Waals surface area (Å²) in [6.07, 6.45) is 0. The molecule has 0 N–H and O–H groups in total. The lowest BCUT2D eigenvalue weighted by Crippen LogP contribution is -2.11. The molecule has 0 aliphatic carbocycles. The SMILES string of the molecule is Cc1ccc(N(c2ccccc2)c2ccccc2F)cc1. The molecule has 1 nitrogen and oxygen atoms in total. The molecule has 3 rings (SSSR count). The van der Waals surface area contributed by atoms with E-state index in [0.29, 0.717) is 5.69 Å². The van der Waals surface area contributed by atoms with Crippen LogP contribution in [-0.4, -0.2) is 0 Å². The molecule has 0 amide bonds. The van der Waals surface area contributed by atoms with Crippen LogP contribution in [0.25, 0.3) is 0 Å². The zero-order chi connectivity index (χ0) is 14.7. The standard InChI is InChI=1S/C19H16FN/c1-15-11-13-17(14-12-15)21(16-7-3-2-4-8-16)19-10-6-5-9-18(19)20/h2-14H,1H3. The molecule has 3 aromatic carbocycles. The van der Waals surface area contributed by atoms with Gasteiger partial charge in [0.15, 0.2) is 0 Å². The molecule has 0 aliphatic heterocycles. The number of benzene rings is 3. The molecule has 0 atom stereocenters. The first-order chi connectivity index (χ1) is 10.3.